The van der Waals surface area contributed by atoms with Crippen molar-refractivity contribution >= 4 is 38.7 Å². The van der Waals surface area contributed by atoms with Gasteiger partial charge in [0.2, 0.25) is 0 Å². The molecule has 3 rings (SSSR count). The summed E-state index contributed by atoms with van der Waals surface area (Å²) in [5, 5.41) is 0.772. The second-order valence-electron chi connectivity index (χ2n) is 4.17. The number of nitrogens with one attached hydrogen (secondary N) is 1. The molecule has 0 saturated carbocycles. The van der Waals surface area contributed by atoms with Crippen LogP contribution in [0.25, 0.3) is 16.7 Å². The number of aromatic nitrogens is 4. The maximum atomic E-state index is 12.5. The quantitative estimate of drug-likeness (QED) is 0.555. The molecule has 0 bridgehead atoms. The van der Waals surface area contributed by atoms with Gasteiger partial charge in [-0.05, 0) is 30.5 Å². The summed E-state index contributed by atoms with van der Waals surface area (Å²) in [4.78, 5) is 35.5. The molecule has 0 spiro atoms. The van der Waals surface area contributed by atoms with Gasteiger partial charge in [0, 0.05) is 10.7 Å². The smallest absolute Gasteiger partial charge is 0.291 e. The lowest BCUT2D eigenvalue weighted by molar-refractivity contribution is 0.877. The first-order valence-electron chi connectivity index (χ1n) is 5.92. The summed E-state index contributed by atoms with van der Waals surface area (Å²) in [5.74, 6) is 0. The summed E-state index contributed by atoms with van der Waals surface area (Å²) >= 11 is 4.65. The summed E-state index contributed by atoms with van der Waals surface area (Å²) in [6.07, 6.45) is 3.25. The highest BCUT2D eigenvalue weighted by Crippen LogP contribution is 2.13. The molecule has 0 unspecified atom stereocenters. The Hall–Kier alpha value is -1.93. The Morgan fingerprint density at radius 1 is 1.24 bits per heavy atom. The Morgan fingerprint density at radius 3 is 2.62 bits per heavy atom. The zero-order chi connectivity index (χ0) is 15.0. The molecule has 106 valence electrons. The van der Waals surface area contributed by atoms with Gasteiger partial charge in [-0.2, -0.15) is 0 Å². The Morgan fingerprint density at radius 2 is 1.95 bits per heavy atom. The van der Waals surface area contributed by atoms with E-state index in [1.165, 1.54) is 18.0 Å². The zero-order valence-electron chi connectivity index (χ0n) is 10.8. The summed E-state index contributed by atoms with van der Waals surface area (Å²) in [6, 6.07) is 6.89. The fourth-order valence-electron chi connectivity index (χ4n) is 1.91. The number of H-pyrrole nitrogens is 1. The molecule has 0 aliphatic heterocycles. The molecule has 0 radical (unpaired) electrons. The maximum absolute atomic E-state index is 12.5. The average Bonchev–Trinajstić information content (AvgIpc) is 2.48. The third-order valence-corrected chi connectivity index (χ3v) is 3.99. The molecular formula is C13H9BrN4O2S. The number of halogens is 1. The number of nitrogens with zero attached hydrogens (tertiary/aromatic N) is 3. The standard InChI is InChI=1S/C13H9BrN4O2S/c1-21-12-15-6-9-10(16-12)17-13(20)18(11(9)19)8-4-2-7(14)3-5-8/h2-6H,1H3,(H,15,16,17,20). The van der Waals surface area contributed by atoms with Crippen molar-refractivity contribution in [2.24, 2.45) is 0 Å². The molecule has 0 aliphatic carbocycles. The third-order valence-electron chi connectivity index (χ3n) is 2.90. The highest BCUT2D eigenvalue weighted by molar-refractivity contribution is 9.10. The number of thioether (sulfide) groups is 1. The number of fused-ring (bicyclic) bond motifs is 1. The Bertz CT molecular complexity index is 934. The van der Waals surface area contributed by atoms with E-state index in [9.17, 15) is 9.59 Å². The number of aromatic amines is 1. The Balaban J connectivity index is 2.32. The fourth-order valence-corrected chi connectivity index (χ4v) is 2.52. The van der Waals surface area contributed by atoms with Crippen molar-refractivity contribution < 1.29 is 0 Å². The van der Waals surface area contributed by atoms with Gasteiger partial charge in [0.05, 0.1) is 5.69 Å². The van der Waals surface area contributed by atoms with E-state index < -0.39 is 11.2 Å². The van der Waals surface area contributed by atoms with Gasteiger partial charge in [-0.25, -0.2) is 19.3 Å². The average molecular weight is 365 g/mol. The molecule has 0 amide bonds. The molecule has 1 N–H and O–H groups in total. The van der Waals surface area contributed by atoms with Crippen LogP contribution < -0.4 is 11.2 Å². The van der Waals surface area contributed by atoms with E-state index in [1.807, 2.05) is 6.26 Å². The summed E-state index contributed by atoms with van der Waals surface area (Å²) in [7, 11) is 0. The molecule has 0 atom stereocenters. The van der Waals surface area contributed by atoms with Crippen LogP contribution in [0.15, 0.2) is 49.7 Å². The molecule has 6 nitrogen and oxygen atoms in total. The van der Waals surface area contributed by atoms with E-state index in [-0.39, 0.29) is 11.0 Å². The minimum absolute atomic E-state index is 0.248. The highest BCUT2D eigenvalue weighted by Gasteiger charge is 2.11. The normalized spacial score (nSPS) is 11.0. The molecule has 0 fully saturated rings. The molecule has 0 aliphatic rings. The van der Waals surface area contributed by atoms with Crippen molar-refractivity contribution in [1.29, 1.82) is 0 Å². The molecule has 1 aromatic carbocycles. The molecule has 3 aromatic rings. The van der Waals surface area contributed by atoms with E-state index >= 15 is 0 Å². The van der Waals surface area contributed by atoms with Gasteiger partial charge >= 0.3 is 5.69 Å². The van der Waals surface area contributed by atoms with Gasteiger partial charge < -0.3 is 0 Å². The summed E-state index contributed by atoms with van der Waals surface area (Å²) in [5.41, 5.74) is -0.234. The lowest BCUT2D eigenvalue weighted by Crippen LogP contribution is -2.34. The van der Waals surface area contributed by atoms with Gasteiger partial charge in [0.25, 0.3) is 5.56 Å². The van der Waals surface area contributed by atoms with Gasteiger partial charge in [0.1, 0.15) is 5.39 Å². The first-order chi connectivity index (χ1) is 10.1. The van der Waals surface area contributed by atoms with Gasteiger partial charge in [-0.1, -0.05) is 27.7 Å². The molecule has 21 heavy (non-hydrogen) atoms. The number of hydrogen-bond acceptors (Lipinski definition) is 5. The summed E-state index contributed by atoms with van der Waals surface area (Å²) in [6.45, 7) is 0. The van der Waals surface area contributed by atoms with Crippen molar-refractivity contribution in [2.45, 2.75) is 5.16 Å². The molecule has 0 saturated heterocycles. The molecule has 2 heterocycles. The largest absolute Gasteiger partial charge is 0.334 e. The van der Waals surface area contributed by atoms with Crippen molar-refractivity contribution in [3.8, 4) is 5.69 Å². The Labute approximate surface area is 131 Å². The summed E-state index contributed by atoms with van der Waals surface area (Å²) < 4.78 is 1.93. The number of rotatable bonds is 2. The van der Waals surface area contributed by atoms with E-state index in [0.717, 1.165) is 9.04 Å². The predicted molar refractivity (Wildman–Crippen MR) is 85.2 cm³/mol. The van der Waals surface area contributed by atoms with E-state index in [4.69, 9.17) is 0 Å². The molecular weight excluding hydrogens is 356 g/mol. The van der Waals surface area contributed by atoms with Crippen LogP contribution in [0.4, 0.5) is 0 Å². The number of hydrogen-bond donors (Lipinski definition) is 1. The van der Waals surface area contributed by atoms with Crippen LogP contribution in [0.5, 0.6) is 0 Å². The van der Waals surface area contributed by atoms with Crippen LogP contribution in [-0.2, 0) is 0 Å². The van der Waals surface area contributed by atoms with Crippen LogP contribution in [0.2, 0.25) is 0 Å². The molecule has 2 aromatic heterocycles. The van der Waals surface area contributed by atoms with Crippen molar-refractivity contribution in [3.63, 3.8) is 0 Å². The predicted octanol–water partition coefficient (Wildman–Crippen LogP) is 1.95. The third kappa shape index (κ3) is 2.52. The minimum Gasteiger partial charge on any atom is -0.291 e. The van der Waals surface area contributed by atoms with Crippen molar-refractivity contribution in [1.82, 2.24) is 19.5 Å². The van der Waals surface area contributed by atoms with Crippen LogP contribution in [-0.4, -0.2) is 25.8 Å². The van der Waals surface area contributed by atoms with E-state index in [2.05, 4.69) is 30.9 Å². The first kappa shape index (κ1) is 14.0. The van der Waals surface area contributed by atoms with Crippen molar-refractivity contribution in [2.75, 3.05) is 6.26 Å². The molecule has 8 heteroatoms. The zero-order valence-corrected chi connectivity index (χ0v) is 13.2. The minimum atomic E-state index is -0.527. The van der Waals surface area contributed by atoms with Gasteiger partial charge in [-0.15, -0.1) is 0 Å². The fraction of sp³-hybridized carbons (Fsp3) is 0.0769. The topological polar surface area (TPSA) is 80.6 Å². The first-order valence-corrected chi connectivity index (χ1v) is 7.94. The maximum Gasteiger partial charge on any atom is 0.334 e. The second kappa shape index (κ2) is 5.45. The van der Waals surface area contributed by atoms with E-state index in [0.29, 0.717) is 10.8 Å². The lowest BCUT2D eigenvalue weighted by Gasteiger charge is -2.06. The van der Waals surface area contributed by atoms with Crippen LogP contribution in [0.3, 0.4) is 0 Å². The highest BCUT2D eigenvalue weighted by atomic mass is 79.9. The Kier molecular flexibility index (Phi) is 3.64. The SMILES string of the molecule is CSc1ncc2c(=O)n(-c3ccc(Br)cc3)c(=O)[nH]c2n1. The lowest BCUT2D eigenvalue weighted by atomic mass is 10.3. The van der Waals surface area contributed by atoms with Crippen LogP contribution >= 0.6 is 27.7 Å². The second-order valence-corrected chi connectivity index (χ2v) is 5.86. The van der Waals surface area contributed by atoms with Crippen LogP contribution in [0.1, 0.15) is 0 Å². The van der Waals surface area contributed by atoms with Gasteiger partial charge in [-0.3, -0.25) is 9.78 Å². The van der Waals surface area contributed by atoms with Crippen molar-refractivity contribution in [3.05, 3.63) is 55.8 Å². The number of benzene rings is 1. The van der Waals surface area contributed by atoms with E-state index in [1.54, 1.807) is 24.3 Å². The monoisotopic (exact) mass is 364 g/mol. The van der Waals surface area contributed by atoms with Gasteiger partial charge in [0.15, 0.2) is 10.8 Å². The van der Waals surface area contributed by atoms with Crippen LogP contribution in [0, 0.1) is 0 Å².